The van der Waals surface area contributed by atoms with Gasteiger partial charge in [0.15, 0.2) is 0 Å². The molecular formula is C65H56N2. The van der Waals surface area contributed by atoms with Crippen LogP contribution in [0.15, 0.2) is 242 Å². The number of fused-ring (bicyclic) bond motifs is 3. The van der Waals surface area contributed by atoms with Gasteiger partial charge in [-0.25, -0.2) is 0 Å². The van der Waals surface area contributed by atoms with Crippen molar-refractivity contribution in [3.05, 3.63) is 287 Å². The molecule has 0 unspecified atom stereocenters. The van der Waals surface area contributed by atoms with Crippen LogP contribution in [0.25, 0.3) is 44.5 Å². The summed E-state index contributed by atoms with van der Waals surface area (Å²) >= 11 is 0. The van der Waals surface area contributed by atoms with Gasteiger partial charge in [-0.15, -0.1) is 0 Å². The zero-order valence-electron chi connectivity index (χ0n) is 38.5. The molecule has 3 aliphatic carbocycles. The third-order valence-electron chi connectivity index (χ3n) is 13.0. The maximum atomic E-state index is 9.61. The summed E-state index contributed by atoms with van der Waals surface area (Å²) in [6, 6.07) is 72.4. The number of aryl methyl sites for hydroxylation is 1. The van der Waals surface area contributed by atoms with E-state index in [0.717, 1.165) is 47.9 Å². The number of benzene rings is 8. The predicted octanol–water partition coefficient (Wildman–Crippen LogP) is 16.6. The van der Waals surface area contributed by atoms with Gasteiger partial charge >= 0.3 is 0 Å². The highest BCUT2D eigenvalue weighted by Crippen LogP contribution is 2.58. The molecule has 0 fully saturated rings. The summed E-state index contributed by atoms with van der Waals surface area (Å²) < 4.78 is 0. The fourth-order valence-electron chi connectivity index (χ4n) is 9.96. The van der Waals surface area contributed by atoms with Crippen molar-refractivity contribution in [2.45, 2.75) is 38.0 Å². The standard InChI is InChI=1S/C56H43N.C7H8.C2H5N/c57-55(47-37-45(39-18-5-1-6-19-39)36-46(38-47)40-20-7-2-8-21-40)44-25-16-23-42(35-44)41-22-15-24-43(34-41)50-31-17-32-52-51-30-13-14-33-53(51)56(54(50)52,48-26-9-3-10-27-48)49-28-11-4-12-29-49;1-7-5-3-2-4-6-7;1-3-2/h1,3-5,7,9-18,20-38,57H,2,6,8,19H2;2-6H,1H3;1H2,2H3. The summed E-state index contributed by atoms with van der Waals surface area (Å²) in [5, 5.41) is 9.61. The van der Waals surface area contributed by atoms with Crippen molar-refractivity contribution in [1.82, 2.24) is 0 Å². The van der Waals surface area contributed by atoms with Gasteiger partial charge in [-0.05, 0) is 148 Å². The highest BCUT2D eigenvalue weighted by Gasteiger charge is 2.47. The third-order valence-corrected chi connectivity index (χ3v) is 13.0. The zero-order valence-corrected chi connectivity index (χ0v) is 38.5. The summed E-state index contributed by atoms with van der Waals surface area (Å²) in [6.07, 6.45) is 17.7. The van der Waals surface area contributed by atoms with Crippen LogP contribution >= 0.6 is 0 Å². The number of allylic oxidation sites excluding steroid dienone is 8. The summed E-state index contributed by atoms with van der Waals surface area (Å²) in [4.78, 5) is 3.25. The molecule has 1 N–H and O–H groups in total. The molecule has 0 heterocycles. The molecule has 11 rings (SSSR count). The van der Waals surface area contributed by atoms with E-state index in [1.165, 1.54) is 72.3 Å². The first-order valence-corrected chi connectivity index (χ1v) is 23.4. The van der Waals surface area contributed by atoms with E-state index >= 15 is 0 Å². The smallest absolute Gasteiger partial charge is 0.0719 e. The van der Waals surface area contributed by atoms with Crippen molar-refractivity contribution in [3.63, 3.8) is 0 Å². The number of nitrogens with zero attached hydrogens (tertiary/aromatic N) is 1. The molecule has 0 aromatic heterocycles. The zero-order chi connectivity index (χ0) is 46.0. The van der Waals surface area contributed by atoms with Crippen LogP contribution < -0.4 is 0 Å². The van der Waals surface area contributed by atoms with Crippen LogP contribution in [0, 0.1) is 12.3 Å². The Morgan fingerprint density at radius 1 is 0.522 bits per heavy atom. The Labute approximate surface area is 397 Å². The Hall–Kier alpha value is -7.94. The van der Waals surface area contributed by atoms with Crippen molar-refractivity contribution in [1.29, 1.82) is 5.41 Å². The van der Waals surface area contributed by atoms with Crippen LogP contribution in [0.5, 0.6) is 0 Å². The van der Waals surface area contributed by atoms with Crippen LogP contribution in [0.4, 0.5) is 0 Å². The fourth-order valence-corrected chi connectivity index (χ4v) is 9.96. The minimum absolute atomic E-state index is 0.489. The van der Waals surface area contributed by atoms with E-state index < -0.39 is 5.41 Å². The van der Waals surface area contributed by atoms with Crippen molar-refractivity contribution in [3.8, 4) is 33.4 Å². The van der Waals surface area contributed by atoms with E-state index in [1.807, 2.05) is 18.2 Å². The molecule has 2 heteroatoms. The second-order valence-corrected chi connectivity index (χ2v) is 17.4. The second-order valence-electron chi connectivity index (χ2n) is 17.4. The molecule has 0 radical (unpaired) electrons. The van der Waals surface area contributed by atoms with E-state index in [1.54, 1.807) is 7.05 Å². The second kappa shape index (κ2) is 20.5. The number of hydrogen-bond donors (Lipinski definition) is 1. The lowest BCUT2D eigenvalue weighted by atomic mass is 9.66. The molecule has 67 heavy (non-hydrogen) atoms. The molecule has 0 saturated heterocycles. The van der Waals surface area contributed by atoms with Crippen molar-refractivity contribution in [2.24, 2.45) is 4.99 Å². The van der Waals surface area contributed by atoms with Crippen LogP contribution in [0.3, 0.4) is 0 Å². The first kappa shape index (κ1) is 44.3. The minimum Gasteiger partial charge on any atom is -0.304 e. The summed E-state index contributed by atoms with van der Waals surface area (Å²) in [5.74, 6) is 0. The van der Waals surface area contributed by atoms with Crippen molar-refractivity contribution >= 4 is 23.6 Å². The molecule has 2 nitrogen and oxygen atoms in total. The number of aliphatic imine (C=N–C) groups is 1. The Balaban J connectivity index is 0.000000506. The molecular weight excluding hydrogens is 809 g/mol. The monoisotopic (exact) mass is 864 g/mol. The van der Waals surface area contributed by atoms with Gasteiger partial charge < -0.3 is 4.99 Å². The van der Waals surface area contributed by atoms with E-state index in [-0.39, 0.29) is 0 Å². The van der Waals surface area contributed by atoms with E-state index in [9.17, 15) is 5.41 Å². The molecule has 0 saturated carbocycles. The normalized spacial score (nSPS) is 13.9. The van der Waals surface area contributed by atoms with E-state index in [0.29, 0.717) is 5.71 Å². The molecule has 8 aromatic carbocycles. The first-order valence-electron chi connectivity index (χ1n) is 23.4. The summed E-state index contributed by atoms with van der Waals surface area (Å²) in [6.45, 7) is 5.19. The van der Waals surface area contributed by atoms with Crippen LogP contribution in [0.2, 0.25) is 0 Å². The topological polar surface area (TPSA) is 36.2 Å². The third kappa shape index (κ3) is 9.17. The highest BCUT2D eigenvalue weighted by molar-refractivity contribution is 6.12. The van der Waals surface area contributed by atoms with Gasteiger partial charge in [-0.2, -0.15) is 0 Å². The van der Waals surface area contributed by atoms with Crippen LogP contribution in [0.1, 0.15) is 75.8 Å². The maximum absolute atomic E-state index is 9.61. The molecule has 326 valence electrons. The predicted molar refractivity (Wildman–Crippen MR) is 286 cm³/mol. The van der Waals surface area contributed by atoms with Gasteiger partial charge in [0.25, 0.3) is 0 Å². The Bertz CT molecular complexity index is 3130. The molecule has 0 aliphatic heterocycles. The maximum Gasteiger partial charge on any atom is 0.0719 e. The SMILES string of the molecule is C=NC.Cc1ccccc1.N=C(c1cc(C2=CCCC=C2)cc(C2=CC=CCC2)c1)c1cccc(-c2cccc(-c3cccc4c3C(c3ccccc3)(c3ccccc3)c3ccccc3-4)c2)c1. The van der Waals surface area contributed by atoms with Gasteiger partial charge in [-0.3, -0.25) is 5.41 Å². The van der Waals surface area contributed by atoms with Crippen LogP contribution in [-0.2, 0) is 5.41 Å². The molecule has 0 atom stereocenters. The molecule has 0 amide bonds. The fraction of sp³-hybridized carbons (Fsp3) is 0.108. The summed E-state index contributed by atoms with van der Waals surface area (Å²) in [7, 11) is 1.64. The molecule has 3 aliphatic rings. The van der Waals surface area contributed by atoms with E-state index in [2.05, 4.69) is 237 Å². The van der Waals surface area contributed by atoms with Crippen molar-refractivity contribution in [2.75, 3.05) is 7.05 Å². The summed E-state index contributed by atoms with van der Waals surface area (Å²) in [5.41, 5.74) is 20.5. The Morgan fingerprint density at radius 2 is 1.09 bits per heavy atom. The number of rotatable bonds is 8. The quantitative estimate of drug-likeness (QED) is 0.148. The van der Waals surface area contributed by atoms with Gasteiger partial charge in [0.05, 0.1) is 11.1 Å². The van der Waals surface area contributed by atoms with Gasteiger partial charge in [0, 0.05) is 18.2 Å². The largest absolute Gasteiger partial charge is 0.304 e. The van der Waals surface area contributed by atoms with E-state index in [4.69, 9.17) is 0 Å². The van der Waals surface area contributed by atoms with Gasteiger partial charge in [0.2, 0.25) is 0 Å². The number of hydrogen-bond acceptors (Lipinski definition) is 2. The number of nitrogens with one attached hydrogen (secondary N) is 1. The Morgan fingerprint density at radius 3 is 1.75 bits per heavy atom. The Kier molecular flexibility index (Phi) is 13.5. The minimum atomic E-state index is -0.489. The lowest BCUT2D eigenvalue weighted by Gasteiger charge is -2.35. The average Bonchev–Trinajstić information content (AvgIpc) is 3.71. The molecule has 8 aromatic rings. The first-order chi connectivity index (χ1) is 33.0. The molecule has 0 bridgehead atoms. The lowest BCUT2D eigenvalue weighted by Crippen LogP contribution is -2.29. The van der Waals surface area contributed by atoms with Gasteiger partial charge in [-0.1, -0.05) is 212 Å². The highest BCUT2D eigenvalue weighted by atomic mass is 14.6. The molecule has 0 spiro atoms. The average molecular weight is 865 g/mol. The van der Waals surface area contributed by atoms with Gasteiger partial charge in [0.1, 0.15) is 0 Å². The lowest BCUT2D eigenvalue weighted by molar-refractivity contribution is 0.770. The van der Waals surface area contributed by atoms with Crippen LogP contribution in [-0.4, -0.2) is 19.5 Å². The van der Waals surface area contributed by atoms with Crippen molar-refractivity contribution < 1.29 is 0 Å².